The molecule has 0 aliphatic carbocycles. The summed E-state index contributed by atoms with van der Waals surface area (Å²) in [6, 6.07) is 7.50. The third-order valence-corrected chi connectivity index (χ3v) is 3.83. The number of carboxylic acid groups (broad SMARTS) is 1. The van der Waals surface area contributed by atoms with E-state index in [2.05, 4.69) is 0 Å². The van der Waals surface area contributed by atoms with Gasteiger partial charge in [-0.25, -0.2) is 4.79 Å². The van der Waals surface area contributed by atoms with Gasteiger partial charge < -0.3 is 5.11 Å². The van der Waals surface area contributed by atoms with Crippen molar-refractivity contribution < 1.29 is 9.90 Å². The minimum absolute atomic E-state index is 0.0954. The monoisotopic (exact) mass is 334 g/mol. The van der Waals surface area contributed by atoms with Crippen LogP contribution in [0.3, 0.4) is 0 Å². The van der Waals surface area contributed by atoms with Crippen molar-refractivity contribution in [1.82, 2.24) is 0 Å². The second-order valence-corrected chi connectivity index (χ2v) is 5.38. The highest BCUT2D eigenvalue weighted by molar-refractivity contribution is 6.45. The Kier molecular flexibility index (Phi) is 4.26. The van der Waals surface area contributed by atoms with Gasteiger partial charge in [0.15, 0.2) is 0 Å². The first-order valence-corrected chi connectivity index (χ1v) is 6.59. The van der Waals surface area contributed by atoms with Crippen molar-refractivity contribution >= 4 is 52.4 Å². The van der Waals surface area contributed by atoms with Gasteiger partial charge in [0.25, 0.3) is 0 Å². The molecule has 2 rings (SSSR count). The van der Waals surface area contributed by atoms with Crippen LogP contribution in [-0.2, 0) is 0 Å². The molecule has 0 atom stereocenters. The standard InChI is InChI=1S/C13H6Cl4O2/c14-7-4-9(12(17)11(16)5-7)8-2-1-6(13(18)19)3-10(8)15/h1-5H,(H,18,19). The summed E-state index contributed by atoms with van der Waals surface area (Å²) in [5, 5.41) is 10.2. The molecule has 0 fully saturated rings. The number of carboxylic acids is 1. The van der Waals surface area contributed by atoms with E-state index < -0.39 is 5.97 Å². The van der Waals surface area contributed by atoms with Gasteiger partial charge in [-0.05, 0) is 24.3 Å². The molecule has 1 N–H and O–H groups in total. The molecule has 0 heterocycles. The van der Waals surface area contributed by atoms with Crippen LogP contribution in [0, 0.1) is 0 Å². The highest BCUT2D eigenvalue weighted by Gasteiger charge is 2.14. The minimum atomic E-state index is -1.05. The van der Waals surface area contributed by atoms with Crippen LogP contribution in [0.4, 0.5) is 0 Å². The van der Waals surface area contributed by atoms with Gasteiger partial charge in [0.2, 0.25) is 0 Å². The topological polar surface area (TPSA) is 37.3 Å². The summed E-state index contributed by atoms with van der Waals surface area (Å²) in [7, 11) is 0. The maximum atomic E-state index is 10.8. The van der Waals surface area contributed by atoms with E-state index in [1.165, 1.54) is 18.2 Å². The van der Waals surface area contributed by atoms with Crippen LogP contribution in [0.5, 0.6) is 0 Å². The van der Waals surface area contributed by atoms with E-state index in [0.717, 1.165) is 0 Å². The molecule has 0 bridgehead atoms. The molecular formula is C13H6Cl4O2. The van der Waals surface area contributed by atoms with Gasteiger partial charge in [-0.15, -0.1) is 0 Å². The lowest BCUT2D eigenvalue weighted by atomic mass is 10.0. The van der Waals surface area contributed by atoms with E-state index >= 15 is 0 Å². The van der Waals surface area contributed by atoms with E-state index in [4.69, 9.17) is 51.5 Å². The predicted octanol–water partition coefficient (Wildman–Crippen LogP) is 5.67. The Bertz CT molecular complexity index is 668. The second kappa shape index (κ2) is 5.59. The van der Waals surface area contributed by atoms with Crippen LogP contribution in [0.15, 0.2) is 30.3 Å². The van der Waals surface area contributed by atoms with E-state index in [9.17, 15) is 4.79 Å². The number of carbonyl (C=O) groups is 1. The maximum Gasteiger partial charge on any atom is 0.335 e. The molecule has 0 saturated carbocycles. The predicted molar refractivity (Wildman–Crippen MR) is 78.9 cm³/mol. The normalized spacial score (nSPS) is 10.5. The molecule has 0 saturated heterocycles. The van der Waals surface area contributed by atoms with Crippen molar-refractivity contribution in [2.75, 3.05) is 0 Å². The van der Waals surface area contributed by atoms with Crippen molar-refractivity contribution in [3.05, 3.63) is 56.0 Å². The van der Waals surface area contributed by atoms with E-state index in [-0.39, 0.29) is 10.6 Å². The quantitative estimate of drug-likeness (QED) is 0.718. The molecule has 19 heavy (non-hydrogen) atoms. The van der Waals surface area contributed by atoms with Gasteiger partial charge in [-0.2, -0.15) is 0 Å². The van der Waals surface area contributed by atoms with Gasteiger partial charge in [-0.3, -0.25) is 0 Å². The average Bonchev–Trinajstić information content (AvgIpc) is 2.33. The molecule has 2 nitrogen and oxygen atoms in total. The third-order valence-electron chi connectivity index (χ3n) is 2.50. The number of aromatic carboxylic acids is 1. The fourth-order valence-electron chi connectivity index (χ4n) is 1.62. The summed E-state index contributed by atoms with van der Waals surface area (Å²) in [6.45, 7) is 0. The molecule has 2 aromatic carbocycles. The maximum absolute atomic E-state index is 10.8. The van der Waals surface area contributed by atoms with Gasteiger partial charge in [-0.1, -0.05) is 52.5 Å². The lowest BCUT2D eigenvalue weighted by Gasteiger charge is -2.09. The first kappa shape index (κ1) is 14.5. The summed E-state index contributed by atoms with van der Waals surface area (Å²) >= 11 is 24.1. The summed E-state index contributed by atoms with van der Waals surface area (Å²) in [4.78, 5) is 10.8. The van der Waals surface area contributed by atoms with Crippen LogP contribution in [0.1, 0.15) is 10.4 Å². The van der Waals surface area contributed by atoms with E-state index in [0.29, 0.717) is 26.2 Å². The summed E-state index contributed by atoms with van der Waals surface area (Å²) in [6.07, 6.45) is 0. The number of benzene rings is 2. The zero-order chi connectivity index (χ0) is 14.2. The van der Waals surface area contributed by atoms with Crippen LogP contribution < -0.4 is 0 Å². The fraction of sp³-hybridized carbons (Fsp3) is 0. The molecule has 0 spiro atoms. The number of hydrogen-bond acceptors (Lipinski definition) is 1. The zero-order valence-corrected chi connectivity index (χ0v) is 12.3. The number of rotatable bonds is 2. The second-order valence-electron chi connectivity index (χ2n) is 3.75. The average molecular weight is 336 g/mol. The molecule has 0 aliphatic rings. The van der Waals surface area contributed by atoms with Gasteiger partial charge in [0.1, 0.15) is 0 Å². The van der Waals surface area contributed by atoms with Gasteiger partial charge in [0.05, 0.1) is 15.6 Å². The molecule has 0 unspecified atom stereocenters. The van der Waals surface area contributed by atoms with E-state index in [1.54, 1.807) is 12.1 Å². The molecule has 98 valence electrons. The lowest BCUT2D eigenvalue weighted by Crippen LogP contribution is -1.96. The Hall–Kier alpha value is -0.930. The first-order chi connectivity index (χ1) is 8.90. The van der Waals surface area contributed by atoms with Crippen LogP contribution >= 0.6 is 46.4 Å². The van der Waals surface area contributed by atoms with Crippen molar-refractivity contribution in [1.29, 1.82) is 0 Å². The summed E-state index contributed by atoms with van der Waals surface area (Å²) in [5.74, 6) is -1.05. The Labute approximate surface area is 129 Å². The largest absolute Gasteiger partial charge is 0.478 e. The first-order valence-electron chi connectivity index (χ1n) is 5.08. The Morgan fingerprint density at radius 3 is 2.16 bits per heavy atom. The molecule has 0 amide bonds. The minimum Gasteiger partial charge on any atom is -0.478 e. The van der Waals surface area contributed by atoms with Crippen molar-refractivity contribution in [2.45, 2.75) is 0 Å². The van der Waals surface area contributed by atoms with Crippen molar-refractivity contribution in [2.24, 2.45) is 0 Å². The highest BCUT2D eigenvalue weighted by Crippen LogP contribution is 2.39. The van der Waals surface area contributed by atoms with Crippen LogP contribution in [0.25, 0.3) is 11.1 Å². The molecular weight excluding hydrogens is 330 g/mol. The van der Waals surface area contributed by atoms with Crippen molar-refractivity contribution in [3.63, 3.8) is 0 Å². The van der Waals surface area contributed by atoms with Crippen LogP contribution in [-0.4, -0.2) is 11.1 Å². The van der Waals surface area contributed by atoms with Gasteiger partial charge >= 0.3 is 5.97 Å². The Morgan fingerprint density at radius 1 is 0.895 bits per heavy atom. The third kappa shape index (κ3) is 2.98. The van der Waals surface area contributed by atoms with Gasteiger partial charge in [0, 0.05) is 21.2 Å². The summed E-state index contributed by atoms with van der Waals surface area (Å²) in [5.41, 5.74) is 1.22. The Morgan fingerprint density at radius 2 is 1.58 bits per heavy atom. The smallest absolute Gasteiger partial charge is 0.335 e. The Balaban J connectivity index is 2.63. The molecule has 0 aromatic heterocycles. The SMILES string of the molecule is O=C(O)c1ccc(-c2cc(Cl)cc(Cl)c2Cl)c(Cl)c1. The molecule has 2 aromatic rings. The fourth-order valence-corrected chi connectivity index (χ4v) is 2.61. The molecule has 0 aliphatic heterocycles. The lowest BCUT2D eigenvalue weighted by molar-refractivity contribution is 0.0697. The highest BCUT2D eigenvalue weighted by atomic mass is 35.5. The molecule has 0 radical (unpaired) electrons. The zero-order valence-electron chi connectivity index (χ0n) is 9.25. The molecule has 6 heteroatoms. The van der Waals surface area contributed by atoms with Crippen LogP contribution in [0.2, 0.25) is 20.1 Å². The van der Waals surface area contributed by atoms with E-state index in [1.807, 2.05) is 0 Å². The summed E-state index contributed by atoms with van der Waals surface area (Å²) < 4.78 is 0. The number of halogens is 4. The van der Waals surface area contributed by atoms with Crippen molar-refractivity contribution in [3.8, 4) is 11.1 Å². The number of hydrogen-bond donors (Lipinski definition) is 1.